The molecule has 0 spiro atoms. The van der Waals surface area contributed by atoms with Gasteiger partial charge in [-0.1, -0.05) is 24.1 Å². The number of hydrogen-bond acceptors (Lipinski definition) is 11. The Morgan fingerprint density at radius 1 is 0.833 bits per heavy atom. The number of isocyanates is 2. The highest BCUT2D eigenvalue weighted by atomic mass is 17.2. The number of alkyl carbamates (subject to hydrolysis) is 1. The molecule has 2 saturated heterocycles. The van der Waals surface area contributed by atoms with Crippen molar-refractivity contribution in [2.75, 3.05) is 59.5 Å². The molecule has 1 amide bonds. The summed E-state index contributed by atoms with van der Waals surface area (Å²) in [6.45, 7) is 6.78. The smallest absolute Gasteiger partial charge is 0.425 e. The Labute approximate surface area is 248 Å². The van der Waals surface area contributed by atoms with Crippen molar-refractivity contribution in [3.8, 4) is 0 Å². The van der Waals surface area contributed by atoms with Gasteiger partial charge in [-0.15, -0.1) is 15.7 Å². The number of ether oxygens (including phenoxy) is 1. The van der Waals surface area contributed by atoms with E-state index in [1.54, 1.807) is 15.2 Å². The van der Waals surface area contributed by atoms with E-state index in [1.807, 2.05) is 12.2 Å². The highest BCUT2D eigenvalue weighted by molar-refractivity contribution is 5.66. The van der Waals surface area contributed by atoms with E-state index in [4.69, 9.17) is 24.2 Å². The van der Waals surface area contributed by atoms with Gasteiger partial charge in [0.05, 0.1) is 6.54 Å². The van der Waals surface area contributed by atoms with Crippen LogP contribution in [0.4, 0.5) is 4.79 Å². The van der Waals surface area contributed by atoms with Gasteiger partial charge < -0.3 is 10.1 Å². The maximum absolute atomic E-state index is 11.7. The molecule has 0 aliphatic carbocycles. The van der Waals surface area contributed by atoms with Gasteiger partial charge in [-0.3, -0.25) is 9.68 Å². The van der Waals surface area contributed by atoms with E-state index in [9.17, 15) is 14.4 Å². The Bertz CT molecular complexity index is 819. The van der Waals surface area contributed by atoms with Gasteiger partial charge in [0.1, 0.15) is 33.3 Å². The normalized spacial score (nSPS) is 19.5. The molecule has 0 aromatic carbocycles. The molecule has 2 heterocycles. The van der Waals surface area contributed by atoms with Gasteiger partial charge in [-0.25, -0.2) is 25.2 Å². The number of hydroxylamine groups is 2. The monoisotopic (exact) mass is 598 g/mol. The molecule has 2 rings (SSSR count). The summed E-state index contributed by atoms with van der Waals surface area (Å²) < 4.78 is 8.33. The van der Waals surface area contributed by atoms with Crippen LogP contribution in [-0.2, 0) is 33.8 Å². The van der Waals surface area contributed by atoms with Crippen LogP contribution in [0.15, 0.2) is 12.7 Å². The second kappa shape index (κ2) is 24.0. The van der Waals surface area contributed by atoms with E-state index in [-0.39, 0.29) is 45.6 Å². The fraction of sp³-hybridized carbons (Fsp3) is 0.821. The Morgan fingerprint density at radius 3 is 2.05 bits per heavy atom. The first kappa shape index (κ1) is 35.7. The van der Waals surface area contributed by atoms with Crippen LogP contribution in [0.5, 0.6) is 0 Å². The zero-order valence-electron chi connectivity index (χ0n) is 24.9. The van der Waals surface area contributed by atoms with Crippen molar-refractivity contribution in [2.45, 2.75) is 89.4 Å². The summed E-state index contributed by atoms with van der Waals surface area (Å²) in [6, 6.07) is 0. The van der Waals surface area contributed by atoms with Crippen LogP contribution in [0.3, 0.4) is 0 Å². The molecule has 0 radical (unpaired) electrons. The lowest BCUT2D eigenvalue weighted by molar-refractivity contribution is -0.572. The summed E-state index contributed by atoms with van der Waals surface area (Å²) in [7, 11) is 0. The van der Waals surface area contributed by atoms with Crippen molar-refractivity contribution in [1.82, 2.24) is 21.2 Å². The largest absolute Gasteiger partial charge is 0.447 e. The van der Waals surface area contributed by atoms with E-state index < -0.39 is 6.09 Å². The average molecular weight is 599 g/mol. The third-order valence-electron chi connectivity index (χ3n) is 7.00. The van der Waals surface area contributed by atoms with Gasteiger partial charge in [0.25, 0.3) is 0 Å². The predicted molar refractivity (Wildman–Crippen MR) is 151 cm³/mol. The Balaban J connectivity index is 1.68. The fourth-order valence-corrected chi connectivity index (χ4v) is 4.72. The van der Waals surface area contributed by atoms with Crippen molar-refractivity contribution < 1.29 is 47.7 Å². The fourth-order valence-electron chi connectivity index (χ4n) is 4.72. The van der Waals surface area contributed by atoms with Crippen LogP contribution in [0.2, 0.25) is 0 Å². The molecular formula is C28H50N6O8+2. The van der Waals surface area contributed by atoms with E-state index in [2.05, 4.69) is 22.5 Å². The topological polar surface area (TPSA) is 143 Å². The van der Waals surface area contributed by atoms with Crippen LogP contribution in [-0.4, -0.2) is 104 Å². The first-order chi connectivity index (χ1) is 20.7. The van der Waals surface area contributed by atoms with E-state index in [0.717, 1.165) is 77.0 Å². The van der Waals surface area contributed by atoms with Crippen LogP contribution in [0, 0.1) is 0 Å². The first-order valence-electron chi connectivity index (χ1n) is 15.2. The highest BCUT2D eigenvalue weighted by Crippen LogP contribution is 2.12. The molecule has 0 saturated carbocycles. The molecule has 2 aliphatic heterocycles. The number of carbonyl (C=O) groups is 1. The number of amides is 1. The first-order valence-corrected chi connectivity index (χ1v) is 15.2. The molecule has 2 fully saturated rings. The third kappa shape index (κ3) is 16.2. The number of unbranched alkanes of at least 4 members (excludes halogenated alkanes) is 3. The van der Waals surface area contributed by atoms with E-state index >= 15 is 0 Å². The van der Waals surface area contributed by atoms with Crippen molar-refractivity contribution >= 4 is 18.3 Å². The average Bonchev–Trinajstić information content (AvgIpc) is 3.38. The predicted octanol–water partition coefficient (Wildman–Crippen LogP) is 2.16. The zero-order valence-corrected chi connectivity index (χ0v) is 24.9. The molecule has 14 nitrogen and oxygen atoms in total. The van der Waals surface area contributed by atoms with Crippen molar-refractivity contribution in [1.29, 1.82) is 0 Å². The van der Waals surface area contributed by atoms with Crippen molar-refractivity contribution in [3.63, 3.8) is 0 Å². The van der Waals surface area contributed by atoms with Crippen LogP contribution >= 0.6 is 0 Å². The van der Waals surface area contributed by atoms with Crippen LogP contribution in [0.25, 0.3) is 0 Å². The lowest BCUT2D eigenvalue weighted by Crippen LogP contribution is -2.44. The lowest BCUT2D eigenvalue weighted by Gasteiger charge is -2.23. The summed E-state index contributed by atoms with van der Waals surface area (Å²) in [5, 5.41) is 10.7. The lowest BCUT2D eigenvalue weighted by atomic mass is 10.2. The molecule has 2 unspecified atom stereocenters. The summed E-state index contributed by atoms with van der Waals surface area (Å²) in [4.78, 5) is 55.8. The van der Waals surface area contributed by atoms with Gasteiger partial charge >= 0.3 is 18.3 Å². The summed E-state index contributed by atoms with van der Waals surface area (Å²) >= 11 is 0. The van der Waals surface area contributed by atoms with Gasteiger partial charge in [-0.05, 0) is 38.5 Å². The number of nitrogens with zero attached hydrogens (tertiary/aromatic N) is 3. The van der Waals surface area contributed by atoms with E-state index in [0.29, 0.717) is 26.2 Å². The Morgan fingerprint density at radius 2 is 1.45 bits per heavy atom. The van der Waals surface area contributed by atoms with E-state index in [1.165, 1.54) is 5.23 Å². The minimum absolute atomic E-state index is 0.0981. The Hall–Kier alpha value is -2.51. The van der Waals surface area contributed by atoms with Gasteiger partial charge in [-0.2, -0.15) is 9.59 Å². The number of rotatable bonds is 21. The second-order valence-corrected chi connectivity index (χ2v) is 10.2. The standard InChI is InChI=1S/C28H49N6O8/c1-2-19-41-42-21-20-38-28(37)29-15-9-3-4-12-18-34(39-22-30-26-13-7-5-10-16-32(26)24-35)40-23-31-27-14-8-6-11-17-33(27)25-36/h2,26-27,30-31H,1,3-23H2/q+1/p+1. The Kier molecular flexibility index (Phi) is 20.4. The van der Waals surface area contributed by atoms with Crippen LogP contribution < -0.4 is 16.0 Å². The maximum Gasteiger partial charge on any atom is 0.425 e. The number of nitrogens with one attached hydrogen (secondary N) is 3. The molecule has 42 heavy (non-hydrogen) atoms. The van der Waals surface area contributed by atoms with Crippen LogP contribution in [0.1, 0.15) is 77.0 Å². The molecular weight excluding hydrogens is 548 g/mol. The van der Waals surface area contributed by atoms with Gasteiger partial charge in [0.15, 0.2) is 13.1 Å². The summed E-state index contributed by atoms with van der Waals surface area (Å²) in [5.74, 6) is 0. The molecule has 0 aromatic rings. The van der Waals surface area contributed by atoms with Crippen molar-refractivity contribution in [2.24, 2.45) is 0 Å². The SMILES string of the molecule is C=CCOOCCOC(=O)NCCCCCCN(OCNC1CCCCC[N+]1=C=O)OCNC1CCCCC[N+]1=C=O. The minimum Gasteiger partial charge on any atom is -0.447 e. The quantitative estimate of drug-likeness (QED) is 0.0340. The molecule has 2 aliphatic rings. The maximum atomic E-state index is 11.7. The third-order valence-corrected chi connectivity index (χ3v) is 7.00. The zero-order chi connectivity index (χ0) is 30.1. The minimum atomic E-state index is -0.492. The molecule has 3 N–H and O–H groups in total. The second-order valence-electron chi connectivity index (χ2n) is 10.2. The molecule has 14 heteroatoms. The summed E-state index contributed by atoms with van der Waals surface area (Å²) in [6.07, 6.45) is 16.2. The summed E-state index contributed by atoms with van der Waals surface area (Å²) in [5.41, 5.74) is 0. The van der Waals surface area contributed by atoms with Crippen molar-refractivity contribution in [3.05, 3.63) is 12.7 Å². The number of hydrogen-bond donors (Lipinski definition) is 3. The number of carbonyl (C=O) groups excluding carboxylic acids is 3. The van der Waals surface area contributed by atoms with Gasteiger partial charge in [0.2, 0.25) is 12.3 Å². The molecule has 238 valence electrons. The van der Waals surface area contributed by atoms with Gasteiger partial charge in [0, 0.05) is 32.2 Å². The molecule has 2 atom stereocenters. The molecule has 0 aromatic heterocycles. The highest BCUT2D eigenvalue weighted by Gasteiger charge is 2.25. The molecule has 0 bridgehead atoms.